The molecule has 0 spiro atoms. The molecular weight excluding hydrogens is 110 g/mol. The Balaban J connectivity index is 1.83. The summed E-state index contributed by atoms with van der Waals surface area (Å²) in [6.07, 6.45) is 5.96. The molecule has 0 aromatic rings. The molecule has 2 rings (SSSR count). The van der Waals surface area contributed by atoms with Crippen molar-refractivity contribution < 1.29 is 0 Å². The molecule has 2 unspecified atom stereocenters. The molecule has 0 amide bonds. The molecule has 0 aromatic carbocycles. The van der Waals surface area contributed by atoms with Gasteiger partial charge in [0.25, 0.3) is 0 Å². The van der Waals surface area contributed by atoms with Gasteiger partial charge in [0.15, 0.2) is 0 Å². The Labute approximate surface area is 56.8 Å². The van der Waals surface area contributed by atoms with Crippen LogP contribution in [-0.2, 0) is 0 Å². The summed E-state index contributed by atoms with van der Waals surface area (Å²) >= 11 is 0. The fourth-order valence-corrected chi connectivity index (χ4v) is 1.97. The SMILES string of the molecule is CNC1CCC1C1CC1. The molecule has 9 heavy (non-hydrogen) atoms. The van der Waals surface area contributed by atoms with E-state index in [4.69, 9.17) is 0 Å². The Bertz CT molecular complexity index is 105. The van der Waals surface area contributed by atoms with E-state index >= 15 is 0 Å². The number of hydrogen-bond donors (Lipinski definition) is 1. The summed E-state index contributed by atoms with van der Waals surface area (Å²) in [5.41, 5.74) is 0. The Kier molecular flexibility index (Phi) is 1.26. The first kappa shape index (κ1) is 5.72. The second-order valence-electron chi connectivity index (χ2n) is 3.47. The molecule has 2 aliphatic carbocycles. The topological polar surface area (TPSA) is 12.0 Å². The second-order valence-corrected chi connectivity index (χ2v) is 3.47. The van der Waals surface area contributed by atoms with Crippen molar-refractivity contribution in [1.82, 2.24) is 5.32 Å². The van der Waals surface area contributed by atoms with Crippen LogP contribution in [0.3, 0.4) is 0 Å². The van der Waals surface area contributed by atoms with E-state index in [-0.39, 0.29) is 0 Å². The molecule has 0 aromatic heterocycles. The molecule has 2 fully saturated rings. The van der Waals surface area contributed by atoms with E-state index in [0.717, 1.165) is 17.9 Å². The van der Waals surface area contributed by atoms with Gasteiger partial charge < -0.3 is 5.32 Å². The average Bonchev–Trinajstić information content (AvgIpc) is 2.48. The molecule has 0 saturated heterocycles. The van der Waals surface area contributed by atoms with Crippen molar-refractivity contribution in [1.29, 1.82) is 0 Å². The van der Waals surface area contributed by atoms with Gasteiger partial charge in [-0.15, -0.1) is 0 Å². The highest BCUT2D eigenvalue weighted by molar-refractivity contribution is 4.95. The summed E-state index contributed by atoms with van der Waals surface area (Å²) in [4.78, 5) is 0. The monoisotopic (exact) mass is 125 g/mol. The lowest BCUT2D eigenvalue weighted by molar-refractivity contribution is 0.193. The summed E-state index contributed by atoms with van der Waals surface area (Å²) in [6.45, 7) is 0. The van der Waals surface area contributed by atoms with Gasteiger partial charge in [0.05, 0.1) is 0 Å². The van der Waals surface area contributed by atoms with Crippen molar-refractivity contribution in [2.75, 3.05) is 7.05 Å². The maximum atomic E-state index is 3.37. The number of nitrogens with one attached hydrogen (secondary N) is 1. The van der Waals surface area contributed by atoms with E-state index in [1.807, 2.05) is 0 Å². The third-order valence-corrected chi connectivity index (χ3v) is 2.93. The summed E-state index contributed by atoms with van der Waals surface area (Å²) in [5, 5.41) is 3.37. The minimum Gasteiger partial charge on any atom is -0.317 e. The fraction of sp³-hybridized carbons (Fsp3) is 1.00. The standard InChI is InChI=1S/C8H15N/c1-9-8-5-4-7(8)6-2-3-6/h6-9H,2-5H2,1H3. The van der Waals surface area contributed by atoms with Gasteiger partial charge >= 0.3 is 0 Å². The van der Waals surface area contributed by atoms with Gasteiger partial charge in [0.1, 0.15) is 0 Å². The largest absolute Gasteiger partial charge is 0.317 e. The predicted molar refractivity (Wildman–Crippen MR) is 38.3 cm³/mol. The zero-order chi connectivity index (χ0) is 6.27. The molecule has 0 bridgehead atoms. The fourth-order valence-electron chi connectivity index (χ4n) is 1.97. The number of rotatable bonds is 2. The third-order valence-electron chi connectivity index (χ3n) is 2.93. The summed E-state index contributed by atoms with van der Waals surface area (Å²) in [7, 11) is 2.10. The first-order chi connectivity index (χ1) is 4.42. The first-order valence-corrected chi connectivity index (χ1v) is 4.09. The molecule has 1 N–H and O–H groups in total. The minimum atomic E-state index is 0.887. The zero-order valence-corrected chi connectivity index (χ0v) is 6.06. The van der Waals surface area contributed by atoms with Gasteiger partial charge in [-0.2, -0.15) is 0 Å². The maximum absolute atomic E-state index is 3.37. The van der Waals surface area contributed by atoms with Crippen molar-refractivity contribution in [3.8, 4) is 0 Å². The minimum absolute atomic E-state index is 0.887. The highest BCUT2D eigenvalue weighted by Crippen LogP contribution is 2.46. The molecule has 1 nitrogen and oxygen atoms in total. The van der Waals surface area contributed by atoms with Crippen molar-refractivity contribution in [2.24, 2.45) is 11.8 Å². The molecule has 0 heterocycles. The molecule has 2 aliphatic rings. The summed E-state index contributed by atoms with van der Waals surface area (Å²) in [5.74, 6) is 2.19. The molecule has 52 valence electrons. The molecule has 2 saturated carbocycles. The normalized spacial score (nSPS) is 42.3. The second kappa shape index (κ2) is 1.98. The summed E-state index contributed by atoms with van der Waals surface area (Å²) in [6, 6.07) is 0.887. The van der Waals surface area contributed by atoms with Crippen LogP contribution in [0.2, 0.25) is 0 Å². The van der Waals surface area contributed by atoms with Crippen molar-refractivity contribution in [2.45, 2.75) is 31.7 Å². The Hall–Kier alpha value is -0.0400. The lowest BCUT2D eigenvalue weighted by atomic mass is 9.76. The molecule has 0 radical (unpaired) electrons. The van der Waals surface area contributed by atoms with Crippen LogP contribution in [0.4, 0.5) is 0 Å². The highest BCUT2D eigenvalue weighted by Gasteiger charge is 2.40. The van der Waals surface area contributed by atoms with Crippen LogP contribution in [0, 0.1) is 11.8 Å². The smallest absolute Gasteiger partial charge is 0.00950 e. The van der Waals surface area contributed by atoms with E-state index in [1.54, 1.807) is 0 Å². The molecule has 2 atom stereocenters. The van der Waals surface area contributed by atoms with Crippen LogP contribution in [0.25, 0.3) is 0 Å². The Morgan fingerprint density at radius 1 is 1.11 bits per heavy atom. The van der Waals surface area contributed by atoms with Crippen LogP contribution in [0.5, 0.6) is 0 Å². The van der Waals surface area contributed by atoms with Gasteiger partial charge in [-0.25, -0.2) is 0 Å². The summed E-state index contributed by atoms with van der Waals surface area (Å²) < 4.78 is 0. The van der Waals surface area contributed by atoms with E-state index in [0.29, 0.717) is 0 Å². The van der Waals surface area contributed by atoms with Crippen molar-refractivity contribution in [3.05, 3.63) is 0 Å². The lowest BCUT2D eigenvalue weighted by Crippen LogP contribution is -2.42. The molecule has 0 aliphatic heterocycles. The predicted octanol–water partition coefficient (Wildman–Crippen LogP) is 1.39. The van der Waals surface area contributed by atoms with Crippen LogP contribution < -0.4 is 5.32 Å². The Morgan fingerprint density at radius 3 is 2.22 bits per heavy atom. The average molecular weight is 125 g/mol. The van der Waals surface area contributed by atoms with Crippen LogP contribution in [-0.4, -0.2) is 13.1 Å². The molecular formula is C8H15N. The Morgan fingerprint density at radius 2 is 1.89 bits per heavy atom. The van der Waals surface area contributed by atoms with Gasteiger partial charge in [-0.05, 0) is 44.6 Å². The van der Waals surface area contributed by atoms with E-state index in [2.05, 4.69) is 12.4 Å². The van der Waals surface area contributed by atoms with E-state index < -0.39 is 0 Å². The van der Waals surface area contributed by atoms with Crippen molar-refractivity contribution >= 4 is 0 Å². The van der Waals surface area contributed by atoms with E-state index in [9.17, 15) is 0 Å². The van der Waals surface area contributed by atoms with Crippen LogP contribution in [0.15, 0.2) is 0 Å². The van der Waals surface area contributed by atoms with Crippen molar-refractivity contribution in [3.63, 3.8) is 0 Å². The number of hydrogen-bond acceptors (Lipinski definition) is 1. The van der Waals surface area contributed by atoms with Gasteiger partial charge in [0.2, 0.25) is 0 Å². The van der Waals surface area contributed by atoms with Crippen LogP contribution >= 0.6 is 0 Å². The maximum Gasteiger partial charge on any atom is 0.00950 e. The zero-order valence-electron chi connectivity index (χ0n) is 6.06. The van der Waals surface area contributed by atoms with Gasteiger partial charge in [-0.1, -0.05) is 0 Å². The molecule has 1 heteroatoms. The van der Waals surface area contributed by atoms with E-state index in [1.165, 1.54) is 25.7 Å². The van der Waals surface area contributed by atoms with Gasteiger partial charge in [-0.3, -0.25) is 0 Å². The lowest BCUT2D eigenvalue weighted by Gasteiger charge is -2.36. The first-order valence-electron chi connectivity index (χ1n) is 4.09. The quantitative estimate of drug-likeness (QED) is 0.588. The van der Waals surface area contributed by atoms with Crippen LogP contribution in [0.1, 0.15) is 25.7 Å². The third kappa shape index (κ3) is 0.877. The van der Waals surface area contributed by atoms with Gasteiger partial charge in [0, 0.05) is 6.04 Å². The highest BCUT2D eigenvalue weighted by atomic mass is 14.9.